The lowest BCUT2D eigenvalue weighted by atomic mass is 9.93. The van der Waals surface area contributed by atoms with Crippen LogP contribution in [0.2, 0.25) is 0 Å². The van der Waals surface area contributed by atoms with Gasteiger partial charge in [0.05, 0.1) is 12.7 Å². The van der Waals surface area contributed by atoms with E-state index in [4.69, 9.17) is 4.74 Å². The van der Waals surface area contributed by atoms with Gasteiger partial charge in [0.25, 0.3) is 0 Å². The SMILES string of the molecule is COc1ncccc1C1(O)CCCC1. The van der Waals surface area contributed by atoms with Gasteiger partial charge in [-0.25, -0.2) is 4.98 Å². The third kappa shape index (κ3) is 1.48. The van der Waals surface area contributed by atoms with Crippen LogP contribution in [0.4, 0.5) is 0 Å². The molecular formula is C11H15NO2. The van der Waals surface area contributed by atoms with Crippen molar-refractivity contribution in [1.82, 2.24) is 4.98 Å². The number of rotatable bonds is 2. The number of ether oxygens (including phenoxy) is 1. The lowest BCUT2D eigenvalue weighted by molar-refractivity contribution is 0.0413. The molecule has 1 fully saturated rings. The highest BCUT2D eigenvalue weighted by Crippen LogP contribution is 2.41. The Morgan fingerprint density at radius 2 is 2.14 bits per heavy atom. The first-order chi connectivity index (χ1) is 6.76. The molecule has 1 N–H and O–H groups in total. The van der Waals surface area contributed by atoms with Crippen LogP contribution < -0.4 is 4.74 Å². The first-order valence-corrected chi connectivity index (χ1v) is 4.98. The van der Waals surface area contributed by atoms with Crippen molar-refractivity contribution >= 4 is 0 Å². The van der Waals surface area contributed by atoms with E-state index in [2.05, 4.69) is 4.98 Å². The number of pyridine rings is 1. The molecule has 1 aromatic rings. The van der Waals surface area contributed by atoms with Gasteiger partial charge in [-0.1, -0.05) is 12.8 Å². The predicted molar refractivity (Wildman–Crippen MR) is 53.2 cm³/mol. The van der Waals surface area contributed by atoms with E-state index in [1.165, 1.54) is 0 Å². The maximum absolute atomic E-state index is 10.4. The van der Waals surface area contributed by atoms with E-state index in [-0.39, 0.29) is 0 Å². The molecule has 0 amide bonds. The van der Waals surface area contributed by atoms with Crippen LogP contribution in [0.15, 0.2) is 18.3 Å². The molecule has 1 aromatic heterocycles. The molecule has 3 heteroatoms. The summed E-state index contributed by atoms with van der Waals surface area (Å²) in [5.41, 5.74) is 0.125. The number of hydrogen-bond donors (Lipinski definition) is 1. The lowest BCUT2D eigenvalue weighted by Crippen LogP contribution is -2.22. The molecule has 3 nitrogen and oxygen atoms in total. The second kappa shape index (κ2) is 3.58. The second-order valence-electron chi connectivity index (χ2n) is 3.80. The highest BCUT2D eigenvalue weighted by Gasteiger charge is 2.35. The maximum atomic E-state index is 10.4. The third-order valence-corrected chi connectivity index (χ3v) is 2.90. The Bertz CT molecular complexity index is 319. The maximum Gasteiger partial charge on any atom is 0.219 e. The standard InChI is InChI=1S/C11H15NO2/c1-14-10-9(5-4-8-12-10)11(13)6-2-3-7-11/h4-5,8,13H,2-3,6-7H2,1H3. The summed E-state index contributed by atoms with van der Waals surface area (Å²) in [4.78, 5) is 4.10. The summed E-state index contributed by atoms with van der Waals surface area (Å²) < 4.78 is 5.15. The minimum absolute atomic E-state index is 0.553. The van der Waals surface area contributed by atoms with Crippen LogP contribution in [-0.4, -0.2) is 17.2 Å². The summed E-state index contributed by atoms with van der Waals surface area (Å²) in [7, 11) is 1.59. The molecule has 0 bridgehead atoms. The van der Waals surface area contributed by atoms with Gasteiger partial charge in [-0.15, -0.1) is 0 Å². The van der Waals surface area contributed by atoms with Gasteiger partial charge < -0.3 is 9.84 Å². The molecule has 1 aliphatic rings. The topological polar surface area (TPSA) is 42.4 Å². The summed E-state index contributed by atoms with van der Waals surface area (Å²) in [5, 5.41) is 10.4. The van der Waals surface area contributed by atoms with Crippen LogP contribution in [0.5, 0.6) is 5.88 Å². The van der Waals surface area contributed by atoms with Crippen LogP contribution in [0.1, 0.15) is 31.2 Å². The van der Waals surface area contributed by atoms with Gasteiger partial charge in [0.15, 0.2) is 0 Å². The van der Waals surface area contributed by atoms with E-state index in [0.717, 1.165) is 31.2 Å². The second-order valence-corrected chi connectivity index (χ2v) is 3.80. The van der Waals surface area contributed by atoms with E-state index in [9.17, 15) is 5.11 Å². The van der Waals surface area contributed by atoms with Crippen molar-refractivity contribution in [3.8, 4) is 5.88 Å². The van der Waals surface area contributed by atoms with Gasteiger partial charge in [-0.05, 0) is 25.0 Å². The van der Waals surface area contributed by atoms with Gasteiger partial charge in [0, 0.05) is 11.8 Å². The Kier molecular flexibility index (Phi) is 2.42. The van der Waals surface area contributed by atoms with Crippen LogP contribution in [0, 0.1) is 0 Å². The van der Waals surface area contributed by atoms with Crippen molar-refractivity contribution in [3.63, 3.8) is 0 Å². The molecular weight excluding hydrogens is 178 g/mol. The minimum Gasteiger partial charge on any atom is -0.481 e. The van der Waals surface area contributed by atoms with Crippen LogP contribution >= 0.6 is 0 Å². The van der Waals surface area contributed by atoms with Crippen molar-refractivity contribution in [2.45, 2.75) is 31.3 Å². The van der Waals surface area contributed by atoms with E-state index >= 15 is 0 Å². The quantitative estimate of drug-likeness (QED) is 0.779. The average Bonchev–Trinajstić information content (AvgIpc) is 2.66. The minimum atomic E-state index is -0.709. The summed E-state index contributed by atoms with van der Waals surface area (Å²) in [5.74, 6) is 0.553. The van der Waals surface area contributed by atoms with Crippen LogP contribution in [0.3, 0.4) is 0 Å². The molecule has 1 heterocycles. The monoisotopic (exact) mass is 193 g/mol. The highest BCUT2D eigenvalue weighted by molar-refractivity contribution is 5.32. The number of methoxy groups -OCH3 is 1. The van der Waals surface area contributed by atoms with Gasteiger partial charge in [-0.3, -0.25) is 0 Å². The van der Waals surface area contributed by atoms with Crippen molar-refractivity contribution in [2.75, 3.05) is 7.11 Å². The van der Waals surface area contributed by atoms with Crippen molar-refractivity contribution in [2.24, 2.45) is 0 Å². The van der Waals surface area contributed by atoms with E-state index in [1.54, 1.807) is 13.3 Å². The molecule has 14 heavy (non-hydrogen) atoms. The molecule has 0 unspecified atom stereocenters. The molecule has 1 aliphatic carbocycles. The van der Waals surface area contributed by atoms with Crippen LogP contribution in [0.25, 0.3) is 0 Å². The zero-order valence-electron chi connectivity index (χ0n) is 8.36. The highest BCUT2D eigenvalue weighted by atomic mass is 16.5. The Morgan fingerprint density at radius 3 is 2.79 bits per heavy atom. The molecule has 2 rings (SSSR count). The zero-order chi connectivity index (χ0) is 10.0. The van der Waals surface area contributed by atoms with Crippen molar-refractivity contribution in [1.29, 1.82) is 0 Å². The van der Waals surface area contributed by atoms with Gasteiger partial charge >= 0.3 is 0 Å². The molecule has 0 atom stereocenters. The average molecular weight is 193 g/mol. The largest absolute Gasteiger partial charge is 0.481 e. The van der Waals surface area contributed by atoms with Gasteiger partial charge in [0.2, 0.25) is 5.88 Å². The summed E-state index contributed by atoms with van der Waals surface area (Å²) in [6, 6.07) is 3.74. The van der Waals surface area contributed by atoms with E-state index < -0.39 is 5.60 Å². The lowest BCUT2D eigenvalue weighted by Gasteiger charge is -2.23. The summed E-state index contributed by atoms with van der Waals surface area (Å²) >= 11 is 0. The fourth-order valence-corrected chi connectivity index (χ4v) is 2.14. The molecule has 0 radical (unpaired) electrons. The predicted octanol–water partition coefficient (Wildman–Crippen LogP) is 1.85. The Balaban J connectivity index is 2.39. The summed E-state index contributed by atoms with van der Waals surface area (Å²) in [6.07, 6.45) is 5.47. The first kappa shape index (κ1) is 9.46. The molecule has 76 valence electrons. The van der Waals surface area contributed by atoms with Crippen molar-refractivity contribution in [3.05, 3.63) is 23.9 Å². The normalized spacial score (nSPS) is 19.6. The number of nitrogens with zero attached hydrogens (tertiary/aromatic N) is 1. The number of aliphatic hydroxyl groups is 1. The van der Waals surface area contributed by atoms with Gasteiger partial charge in [0.1, 0.15) is 0 Å². The third-order valence-electron chi connectivity index (χ3n) is 2.90. The molecule has 1 saturated carbocycles. The van der Waals surface area contributed by atoms with E-state index in [0.29, 0.717) is 5.88 Å². The zero-order valence-corrected chi connectivity index (χ0v) is 8.36. The Labute approximate surface area is 83.7 Å². The molecule has 0 aromatic carbocycles. The fraction of sp³-hybridized carbons (Fsp3) is 0.545. The first-order valence-electron chi connectivity index (χ1n) is 4.98. The fourth-order valence-electron chi connectivity index (χ4n) is 2.14. The number of hydrogen-bond acceptors (Lipinski definition) is 3. The Hall–Kier alpha value is -1.09. The van der Waals surface area contributed by atoms with E-state index in [1.807, 2.05) is 12.1 Å². The number of aromatic nitrogens is 1. The van der Waals surface area contributed by atoms with Gasteiger partial charge in [-0.2, -0.15) is 0 Å². The molecule has 0 aliphatic heterocycles. The summed E-state index contributed by atoms with van der Waals surface area (Å²) in [6.45, 7) is 0. The molecule has 0 spiro atoms. The van der Waals surface area contributed by atoms with Crippen LogP contribution in [-0.2, 0) is 5.60 Å². The Morgan fingerprint density at radius 1 is 1.43 bits per heavy atom. The van der Waals surface area contributed by atoms with Crippen molar-refractivity contribution < 1.29 is 9.84 Å². The molecule has 0 saturated heterocycles. The smallest absolute Gasteiger partial charge is 0.219 e.